The van der Waals surface area contributed by atoms with Crippen molar-refractivity contribution in [2.45, 2.75) is 19.8 Å². The third-order valence-corrected chi connectivity index (χ3v) is 3.19. The highest BCUT2D eigenvalue weighted by molar-refractivity contribution is 5.70. The van der Waals surface area contributed by atoms with E-state index >= 15 is 0 Å². The molecule has 0 bridgehead atoms. The van der Waals surface area contributed by atoms with Gasteiger partial charge in [0.15, 0.2) is 0 Å². The molecule has 0 amide bonds. The predicted molar refractivity (Wildman–Crippen MR) is 63.8 cm³/mol. The molecular weight excluding hydrogens is 202 g/mol. The lowest BCUT2D eigenvalue weighted by molar-refractivity contribution is -0.136. The summed E-state index contributed by atoms with van der Waals surface area (Å²) in [5.41, 5.74) is 2.07. The predicted octanol–water partition coefficient (Wildman–Crippen LogP) is 2.16. The molecule has 1 heterocycles. The normalized spacial score (nSPS) is 15.9. The van der Waals surface area contributed by atoms with Crippen LogP contribution in [0.15, 0.2) is 24.3 Å². The number of nitrogens with zero attached hydrogens (tertiary/aromatic N) is 1. The molecule has 2 rings (SSSR count). The van der Waals surface area contributed by atoms with Crippen molar-refractivity contribution in [3.63, 3.8) is 0 Å². The minimum atomic E-state index is -0.775. The van der Waals surface area contributed by atoms with Crippen molar-refractivity contribution in [1.29, 1.82) is 0 Å². The summed E-state index contributed by atoms with van der Waals surface area (Å²) in [5.74, 6) is 0.0569. The zero-order valence-electron chi connectivity index (χ0n) is 9.52. The number of rotatable bonds is 4. The van der Waals surface area contributed by atoms with Gasteiger partial charge in [0, 0.05) is 18.8 Å². The maximum Gasteiger partial charge on any atom is 0.307 e. The van der Waals surface area contributed by atoms with Crippen molar-refractivity contribution in [2.24, 2.45) is 5.92 Å². The molecule has 1 saturated heterocycles. The fourth-order valence-corrected chi connectivity index (χ4v) is 2.04. The molecule has 0 saturated carbocycles. The molecule has 3 nitrogen and oxygen atoms in total. The molecule has 0 spiro atoms. The maximum absolute atomic E-state index is 10.5. The molecule has 86 valence electrons. The van der Waals surface area contributed by atoms with Crippen LogP contribution >= 0.6 is 0 Å². The largest absolute Gasteiger partial charge is 0.481 e. The van der Waals surface area contributed by atoms with Crippen molar-refractivity contribution >= 4 is 11.7 Å². The van der Waals surface area contributed by atoms with E-state index in [4.69, 9.17) is 5.11 Å². The van der Waals surface area contributed by atoms with Gasteiger partial charge in [-0.15, -0.1) is 0 Å². The minimum Gasteiger partial charge on any atom is -0.481 e. The van der Waals surface area contributed by atoms with Crippen LogP contribution in [0.25, 0.3) is 0 Å². The van der Waals surface area contributed by atoms with E-state index in [1.54, 1.807) is 0 Å². The highest BCUT2D eigenvalue weighted by Crippen LogP contribution is 2.26. The first kappa shape index (κ1) is 11.0. The van der Waals surface area contributed by atoms with Crippen LogP contribution in [0.4, 0.5) is 5.69 Å². The van der Waals surface area contributed by atoms with Crippen molar-refractivity contribution in [1.82, 2.24) is 0 Å². The van der Waals surface area contributed by atoms with Gasteiger partial charge in [0.25, 0.3) is 0 Å². The zero-order chi connectivity index (χ0) is 11.5. The topological polar surface area (TPSA) is 40.5 Å². The van der Waals surface area contributed by atoms with E-state index < -0.39 is 5.97 Å². The summed E-state index contributed by atoms with van der Waals surface area (Å²) in [6.45, 7) is 4.49. The quantitative estimate of drug-likeness (QED) is 0.843. The standard InChI is InChI=1S/C13H17NO2/c1-2-10-8-14(9-10)12-5-3-11(4-6-12)7-13(15)16/h3-6,10H,2,7-9H2,1H3,(H,15,16). The van der Waals surface area contributed by atoms with Gasteiger partial charge in [0.05, 0.1) is 6.42 Å². The molecule has 1 aliphatic rings. The average Bonchev–Trinajstić information content (AvgIpc) is 2.18. The van der Waals surface area contributed by atoms with E-state index in [0.29, 0.717) is 0 Å². The van der Waals surface area contributed by atoms with E-state index in [0.717, 1.165) is 24.6 Å². The van der Waals surface area contributed by atoms with Crippen LogP contribution in [0.1, 0.15) is 18.9 Å². The lowest BCUT2D eigenvalue weighted by Crippen LogP contribution is -2.46. The SMILES string of the molecule is CCC1CN(c2ccc(CC(=O)O)cc2)C1. The Morgan fingerprint density at radius 3 is 2.50 bits per heavy atom. The van der Waals surface area contributed by atoms with Gasteiger partial charge in [-0.1, -0.05) is 19.1 Å². The van der Waals surface area contributed by atoms with Crippen LogP contribution in [0, 0.1) is 5.92 Å². The number of carboxylic acid groups (broad SMARTS) is 1. The summed E-state index contributed by atoms with van der Waals surface area (Å²) < 4.78 is 0. The van der Waals surface area contributed by atoms with Crippen LogP contribution in [0.5, 0.6) is 0 Å². The number of anilines is 1. The number of benzene rings is 1. The molecule has 0 aliphatic carbocycles. The Morgan fingerprint density at radius 1 is 1.38 bits per heavy atom. The van der Waals surface area contributed by atoms with Gasteiger partial charge >= 0.3 is 5.97 Å². The van der Waals surface area contributed by atoms with E-state index in [2.05, 4.69) is 11.8 Å². The van der Waals surface area contributed by atoms with E-state index in [1.165, 1.54) is 12.1 Å². The van der Waals surface area contributed by atoms with E-state index in [9.17, 15) is 4.79 Å². The Hall–Kier alpha value is -1.51. The Morgan fingerprint density at radius 2 is 2.00 bits per heavy atom. The van der Waals surface area contributed by atoms with Crippen LogP contribution in [-0.2, 0) is 11.2 Å². The summed E-state index contributed by atoms with van der Waals surface area (Å²) in [4.78, 5) is 12.9. The minimum absolute atomic E-state index is 0.109. The second-order valence-electron chi connectivity index (χ2n) is 4.42. The third-order valence-electron chi connectivity index (χ3n) is 3.19. The highest BCUT2D eigenvalue weighted by atomic mass is 16.4. The first-order valence-corrected chi connectivity index (χ1v) is 5.74. The summed E-state index contributed by atoms with van der Waals surface area (Å²) in [7, 11) is 0. The Bertz CT molecular complexity index is 366. The number of aliphatic carboxylic acids is 1. The van der Waals surface area contributed by atoms with Gasteiger partial charge in [-0.2, -0.15) is 0 Å². The third kappa shape index (κ3) is 2.35. The zero-order valence-corrected chi connectivity index (χ0v) is 9.52. The average molecular weight is 219 g/mol. The van der Waals surface area contributed by atoms with Crippen molar-refractivity contribution in [3.05, 3.63) is 29.8 Å². The summed E-state index contributed by atoms with van der Waals surface area (Å²) in [5, 5.41) is 8.66. The van der Waals surface area contributed by atoms with Gasteiger partial charge < -0.3 is 10.0 Å². The fourth-order valence-electron chi connectivity index (χ4n) is 2.04. The van der Waals surface area contributed by atoms with Gasteiger partial charge in [0.1, 0.15) is 0 Å². The van der Waals surface area contributed by atoms with E-state index in [-0.39, 0.29) is 6.42 Å². The number of carbonyl (C=O) groups is 1. The fraction of sp³-hybridized carbons (Fsp3) is 0.462. The summed E-state index contributed by atoms with van der Waals surface area (Å²) >= 11 is 0. The lowest BCUT2D eigenvalue weighted by atomic mass is 9.96. The molecule has 1 fully saturated rings. The van der Waals surface area contributed by atoms with Crippen molar-refractivity contribution in [3.8, 4) is 0 Å². The second-order valence-corrected chi connectivity index (χ2v) is 4.42. The molecule has 0 aromatic heterocycles. The van der Waals surface area contributed by atoms with Crippen molar-refractivity contribution < 1.29 is 9.90 Å². The Balaban J connectivity index is 1.95. The highest BCUT2D eigenvalue weighted by Gasteiger charge is 2.24. The Labute approximate surface area is 95.7 Å². The molecule has 3 heteroatoms. The smallest absolute Gasteiger partial charge is 0.307 e. The first-order valence-electron chi connectivity index (χ1n) is 5.74. The van der Waals surface area contributed by atoms with Crippen LogP contribution in [-0.4, -0.2) is 24.2 Å². The molecule has 1 aromatic carbocycles. The molecule has 0 radical (unpaired) electrons. The monoisotopic (exact) mass is 219 g/mol. The number of hydrogen-bond donors (Lipinski definition) is 1. The number of carboxylic acids is 1. The summed E-state index contributed by atoms with van der Waals surface area (Å²) in [6.07, 6.45) is 1.35. The lowest BCUT2D eigenvalue weighted by Gasteiger charge is -2.40. The van der Waals surface area contributed by atoms with Crippen LogP contribution in [0.3, 0.4) is 0 Å². The van der Waals surface area contributed by atoms with Gasteiger partial charge in [-0.25, -0.2) is 0 Å². The number of hydrogen-bond acceptors (Lipinski definition) is 2. The van der Waals surface area contributed by atoms with Crippen LogP contribution < -0.4 is 4.90 Å². The van der Waals surface area contributed by atoms with Crippen molar-refractivity contribution in [2.75, 3.05) is 18.0 Å². The molecule has 1 N–H and O–H groups in total. The molecular formula is C13H17NO2. The molecule has 1 aliphatic heterocycles. The molecule has 1 aromatic rings. The van der Waals surface area contributed by atoms with Crippen LogP contribution in [0.2, 0.25) is 0 Å². The molecule has 0 atom stereocenters. The van der Waals surface area contributed by atoms with Gasteiger partial charge in [-0.05, 0) is 30.0 Å². The maximum atomic E-state index is 10.5. The van der Waals surface area contributed by atoms with Gasteiger partial charge in [-0.3, -0.25) is 4.79 Å². The molecule has 16 heavy (non-hydrogen) atoms. The van der Waals surface area contributed by atoms with Gasteiger partial charge in [0.2, 0.25) is 0 Å². The van der Waals surface area contributed by atoms with E-state index in [1.807, 2.05) is 24.3 Å². The Kier molecular flexibility index (Phi) is 3.13. The summed E-state index contributed by atoms with van der Waals surface area (Å²) in [6, 6.07) is 7.85. The molecule has 0 unspecified atom stereocenters. The second kappa shape index (κ2) is 4.56. The first-order chi connectivity index (χ1) is 7.69.